The first-order valence-electron chi connectivity index (χ1n) is 5.22. The van der Waals surface area contributed by atoms with Crippen LogP contribution in [-0.4, -0.2) is 22.8 Å². The van der Waals surface area contributed by atoms with Crippen LogP contribution in [0.5, 0.6) is 11.5 Å². The van der Waals surface area contributed by atoms with Crippen LogP contribution in [0.4, 0.5) is 0 Å². The molecule has 2 rings (SSSR count). The van der Waals surface area contributed by atoms with E-state index in [0.29, 0.717) is 23.7 Å². The molecule has 0 aromatic heterocycles. The normalized spacial score (nSPS) is 10.0. The molecule has 2 aromatic rings. The molecule has 2 N–H and O–H groups in total. The summed E-state index contributed by atoms with van der Waals surface area (Å²) in [5.74, 6) is -0.189. The van der Waals surface area contributed by atoms with E-state index in [4.69, 9.17) is 0 Å². The maximum Gasteiger partial charge on any atom is 0.153 e. The van der Waals surface area contributed by atoms with E-state index >= 15 is 0 Å². The fourth-order valence-electron chi connectivity index (χ4n) is 1.66. The van der Waals surface area contributed by atoms with Gasteiger partial charge < -0.3 is 10.2 Å². The molecule has 0 radical (unpaired) electrons. The van der Waals surface area contributed by atoms with Crippen LogP contribution in [0, 0.1) is 0 Å². The van der Waals surface area contributed by atoms with Crippen molar-refractivity contribution in [3.05, 3.63) is 47.5 Å². The summed E-state index contributed by atoms with van der Waals surface area (Å²) in [5, 5.41) is 18.8. The Kier molecular flexibility index (Phi) is 3.10. The second-order valence-electron chi connectivity index (χ2n) is 3.78. The molecule has 4 nitrogen and oxygen atoms in total. The van der Waals surface area contributed by atoms with E-state index in [2.05, 4.69) is 0 Å². The number of aromatic hydroxyl groups is 2. The molecule has 0 saturated carbocycles. The number of hydrogen-bond acceptors (Lipinski definition) is 4. The molecule has 0 atom stereocenters. The van der Waals surface area contributed by atoms with Gasteiger partial charge in [0.05, 0.1) is 11.1 Å². The van der Waals surface area contributed by atoms with Crippen molar-refractivity contribution < 1.29 is 19.8 Å². The van der Waals surface area contributed by atoms with Gasteiger partial charge in [-0.25, -0.2) is 0 Å². The Morgan fingerprint density at radius 2 is 1.11 bits per heavy atom. The third kappa shape index (κ3) is 2.08. The van der Waals surface area contributed by atoms with Gasteiger partial charge in [-0.05, 0) is 35.4 Å². The Balaban J connectivity index is 2.54. The zero-order valence-corrected chi connectivity index (χ0v) is 9.33. The van der Waals surface area contributed by atoms with E-state index in [1.807, 2.05) is 0 Å². The Morgan fingerprint density at radius 1 is 0.722 bits per heavy atom. The maximum atomic E-state index is 10.7. The van der Waals surface area contributed by atoms with E-state index in [9.17, 15) is 19.8 Å². The van der Waals surface area contributed by atoms with Gasteiger partial charge in [0.2, 0.25) is 0 Å². The summed E-state index contributed by atoms with van der Waals surface area (Å²) in [5.41, 5.74) is 1.71. The van der Waals surface area contributed by atoms with Gasteiger partial charge in [-0.15, -0.1) is 0 Å². The van der Waals surface area contributed by atoms with Gasteiger partial charge >= 0.3 is 0 Å². The van der Waals surface area contributed by atoms with E-state index in [1.54, 1.807) is 12.1 Å². The Bertz CT molecular complexity index is 562. The lowest BCUT2D eigenvalue weighted by Crippen LogP contribution is -1.87. The van der Waals surface area contributed by atoms with Crippen molar-refractivity contribution in [3.63, 3.8) is 0 Å². The summed E-state index contributed by atoms with van der Waals surface area (Å²) in [4.78, 5) is 21.5. The molecule has 0 amide bonds. The second-order valence-corrected chi connectivity index (χ2v) is 3.78. The molecule has 0 fully saturated rings. The lowest BCUT2D eigenvalue weighted by Gasteiger charge is -2.06. The highest BCUT2D eigenvalue weighted by atomic mass is 16.3. The zero-order chi connectivity index (χ0) is 13.1. The fraction of sp³-hybridized carbons (Fsp3) is 0. The van der Waals surface area contributed by atoms with Crippen LogP contribution in [0.1, 0.15) is 20.7 Å². The largest absolute Gasteiger partial charge is 0.507 e. The van der Waals surface area contributed by atoms with Crippen LogP contribution in [0.15, 0.2) is 36.4 Å². The van der Waals surface area contributed by atoms with Crippen LogP contribution in [0.2, 0.25) is 0 Å². The second kappa shape index (κ2) is 4.71. The Morgan fingerprint density at radius 3 is 1.44 bits per heavy atom. The molecular formula is C14H10O4. The molecular weight excluding hydrogens is 232 g/mol. The van der Waals surface area contributed by atoms with Crippen LogP contribution < -0.4 is 0 Å². The van der Waals surface area contributed by atoms with E-state index in [0.717, 1.165) is 0 Å². The minimum Gasteiger partial charge on any atom is -0.507 e. The third-order valence-electron chi connectivity index (χ3n) is 2.64. The summed E-state index contributed by atoms with van der Waals surface area (Å²) >= 11 is 0. The molecule has 90 valence electrons. The van der Waals surface area contributed by atoms with Gasteiger partial charge in [-0.2, -0.15) is 0 Å². The first-order chi connectivity index (χ1) is 8.65. The minimum atomic E-state index is -0.0943. The number of carbonyl (C=O) groups is 2. The minimum absolute atomic E-state index is 0.0943. The molecule has 2 aromatic carbocycles. The lowest BCUT2D eigenvalue weighted by atomic mass is 10.0. The predicted molar refractivity (Wildman–Crippen MR) is 66.0 cm³/mol. The van der Waals surface area contributed by atoms with Gasteiger partial charge in [0, 0.05) is 0 Å². The van der Waals surface area contributed by atoms with Crippen LogP contribution in [-0.2, 0) is 0 Å². The van der Waals surface area contributed by atoms with Gasteiger partial charge in [-0.3, -0.25) is 9.59 Å². The third-order valence-corrected chi connectivity index (χ3v) is 2.64. The molecule has 0 saturated heterocycles. The summed E-state index contributed by atoms with van der Waals surface area (Å²) in [6.45, 7) is 0. The average Bonchev–Trinajstić information content (AvgIpc) is 2.40. The molecule has 0 heterocycles. The van der Waals surface area contributed by atoms with Crippen LogP contribution >= 0.6 is 0 Å². The van der Waals surface area contributed by atoms with E-state index in [1.165, 1.54) is 24.3 Å². The highest BCUT2D eigenvalue weighted by Gasteiger charge is 2.06. The molecule has 0 spiro atoms. The van der Waals surface area contributed by atoms with Gasteiger partial charge in [-0.1, -0.05) is 12.1 Å². The smallest absolute Gasteiger partial charge is 0.153 e. The summed E-state index contributed by atoms with van der Waals surface area (Å²) in [6, 6.07) is 9.11. The highest BCUT2D eigenvalue weighted by molar-refractivity contribution is 5.85. The van der Waals surface area contributed by atoms with Crippen molar-refractivity contribution in [2.45, 2.75) is 0 Å². The molecule has 0 aliphatic carbocycles. The number of phenolic OH excluding ortho intramolecular Hbond substituents is 2. The standard InChI is InChI=1S/C14H10O4/c15-7-11-5-9(1-3-13(11)17)10-2-4-14(18)12(6-10)8-16/h1-8,17-18H. The SMILES string of the molecule is O=Cc1cc(-c2ccc(O)c(C=O)c2)ccc1O. The number of benzene rings is 2. The van der Waals surface area contributed by atoms with Crippen molar-refractivity contribution in [1.29, 1.82) is 0 Å². The molecule has 4 heteroatoms. The molecule has 18 heavy (non-hydrogen) atoms. The zero-order valence-electron chi connectivity index (χ0n) is 9.33. The summed E-state index contributed by atoms with van der Waals surface area (Å²) < 4.78 is 0. The van der Waals surface area contributed by atoms with Gasteiger partial charge in [0.15, 0.2) is 12.6 Å². The van der Waals surface area contributed by atoms with Crippen molar-refractivity contribution in [2.75, 3.05) is 0 Å². The van der Waals surface area contributed by atoms with Crippen molar-refractivity contribution >= 4 is 12.6 Å². The van der Waals surface area contributed by atoms with Crippen molar-refractivity contribution in [2.24, 2.45) is 0 Å². The first-order valence-corrected chi connectivity index (χ1v) is 5.22. The Hall–Kier alpha value is -2.62. The fourth-order valence-corrected chi connectivity index (χ4v) is 1.66. The number of aldehydes is 2. The topological polar surface area (TPSA) is 74.6 Å². The van der Waals surface area contributed by atoms with E-state index in [-0.39, 0.29) is 22.6 Å². The van der Waals surface area contributed by atoms with Crippen molar-refractivity contribution in [3.8, 4) is 22.6 Å². The van der Waals surface area contributed by atoms with Gasteiger partial charge in [0.25, 0.3) is 0 Å². The van der Waals surface area contributed by atoms with Crippen molar-refractivity contribution in [1.82, 2.24) is 0 Å². The quantitative estimate of drug-likeness (QED) is 0.810. The predicted octanol–water partition coefficient (Wildman–Crippen LogP) is 2.39. The monoisotopic (exact) mass is 242 g/mol. The van der Waals surface area contributed by atoms with E-state index < -0.39 is 0 Å². The highest BCUT2D eigenvalue weighted by Crippen LogP contribution is 2.28. The molecule has 0 aliphatic rings. The number of carbonyl (C=O) groups excluding carboxylic acids is 2. The summed E-state index contributed by atoms with van der Waals surface area (Å²) in [6.07, 6.45) is 1.11. The lowest BCUT2D eigenvalue weighted by molar-refractivity contribution is 0.111. The number of phenols is 2. The van der Waals surface area contributed by atoms with Gasteiger partial charge in [0.1, 0.15) is 11.5 Å². The van der Waals surface area contributed by atoms with Crippen LogP contribution in [0.3, 0.4) is 0 Å². The number of hydrogen-bond donors (Lipinski definition) is 2. The number of rotatable bonds is 3. The van der Waals surface area contributed by atoms with Crippen LogP contribution in [0.25, 0.3) is 11.1 Å². The Labute approximate surface area is 103 Å². The average molecular weight is 242 g/mol. The summed E-state index contributed by atoms with van der Waals surface area (Å²) in [7, 11) is 0. The first kappa shape index (κ1) is 11.9. The molecule has 0 bridgehead atoms. The molecule has 0 aliphatic heterocycles. The maximum absolute atomic E-state index is 10.7. The molecule has 0 unspecified atom stereocenters.